The summed E-state index contributed by atoms with van der Waals surface area (Å²) in [6, 6.07) is 10.2. The summed E-state index contributed by atoms with van der Waals surface area (Å²) in [5, 5.41) is 11.8. The van der Waals surface area contributed by atoms with Crippen LogP contribution >= 0.6 is 0 Å². The van der Waals surface area contributed by atoms with Crippen LogP contribution in [0.25, 0.3) is 0 Å². The highest BCUT2D eigenvalue weighted by Crippen LogP contribution is 2.33. The average molecular weight is 269 g/mol. The standard InChI is InChI=1S/C14H11N3O3/c18-13-8-17(11-4-2-1-3-10(11)16-13)12-7-9(14(19)20)5-6-15-12/h1-7H,8H2,(H,16,18)(H,19,20). The van der Waals surface area contributed by atoms with E-state index in [9.17, 15) is 9.59 Å². The number of benzene rings is 1. The molecule has 1 aliphatic rings. The topological polar surface area (TPSA) is 82.5 Å². The maximum Gasteiger partial charge on any atom is 0.335 e. The molecule has 100 valence electrons. The summed E-state index contributed by atoms with van der Waals surface area (Å²) in [4.78, 5) is 28.6. The van der Waals surface area contributed by atoms with Gasteiger partial charge in [-0.15, -0.1) is 0 Å². The Kier molecular flexibility index (Phi) is 2.83. The molecule has 2 heterocycles. The number of aromatic nitrogens is 1. The van der Waals surface area contributed by atoms with Crippen molar-refractivity contribution in [1.29, 1.82) is 0 Å². The summed E-state index contributed by atoms with van der Waals surface area (Å²) in [7, 11) is 0. The molecule has 1 aliphatic heterocycles. The zero-order valence-corrected chi connectivity index (χ0v) is 10.4. The first-order chi connectivity index (χ1) is 9.65. The van der Waals surface area contributed by atoms with Gasteiger partial charge in [0.15, 0.2) is 0 Å². The minimum atomic E-state index is -1.02. The van der Waals surface area contributed by atoms with Gasteiger partial charge >= 0.3 is 5.97 Å². The Balaban J connectivity index is 2.08. The van der Waals surface area contributed by atoms with Crippen LogP contribution in [0, 0.1) is 0 Å². The number of amides is 1. The van der Waals surface area contributed by atoms with Gasteiger partial charge in [-0.2, -0.15) is 0 Å². The first kappa shape index (κ1) is 12.2. The number of hydrogen-bond donors (Lipinski definition) is 2. The van der Waals surface area contributed by atoms with Gasteiger partial charge in [0.05, 0.1) is 16.9 Å². The second-order valence-corrected chi connectivity index (χ2v) is 4.36. The molecule has 0 saturated heterocycles. The number of para-hydroxylation sites is 2. The zero-order valence-electron chi connectivity index (χ0n) is 10.4. The van der Waals surface area contributed by atoms with Crippen molar-refractivity contribution in [2.24, 2.45) is 0 Å². The fraction of sp³-hybridized carbons (Fsp3) is 0.0714. The largest absolute Gasteiger partial charge is 0.478 e. The lowest BCUT2D eigenvalue weighted by Crippen LogP contribution is -2.35. The molecule has 0 radical (unpaired) electrons. The minimum absolute atomic E-state index is 0.104. The molecular weight excluding hydrogens is 258 g/mol. The molecule has 1 aromatic heterocycles. The normalized spacial score (nSPS) is 13.6. The van der Waals surface area contributed by atoms with Gasteiger partial charge in [-0.1, -0.05) is 12.1 Å². The molecule has 1 aromatic carbocycles. The van der Waals surface area contributed by atoms with Crippen molar-refractivity contribution in [1.82, 2.24) is 4.98 Å². The number of anilines is 3. The molecule has 2 N–H and O–H groups in total. The lowest BCUT2D eigenvalue weighted by Gasteiger charge is -2.30. The number of fused-ring (bicyclic) bond motifs is 1. The van der Waals surface area contributed by atoms with Gasteiger partial charge in [-0.25, -0.2) is 9.78 Å². The second-order valence-electron chi connectivity index (χ2n) is 4.36. The third-order valence-corrected chi connectivity index (χ3v) is 3.04. The third kappa shape index (κ3) is 2.07. The number of hydrogen-bond acceptors (Lipinski definition) is 4. The Labute approximate surface area is 114 Å². The number of nitrogens with zero attached hydrogens (tertiary/aromatic N) is 2. The molecule has 6 heteroatoms. The van der Waals surface area contributed by atoms with Gasteiger partial charge in [0.25, 0.3) is 0 Å². The molecule has 0 saturated carbocycles. The van der Waals surface area contributed by atoms with E-state index in [-0.39, 0.29) is 18.0 Å². The first-order valence-corrected chi connectivity index (χ1v) is 6.01. The maximum absolute atomic E-state index is 11.7. The zero-order chi connectivity index (χ0) is 14.1. The van der Waals surface area contributed by atoms with Crippen molar-refractivity contribution in [3.63, 3.8) is 0 Å². The van der Waals surface area contributed by atoms with Crippen LogP contribution in [0.1, 0.15) is 10.4 Å². The van der Waals surface area contributed by atoms with E-state index in [2.05, 4.69) is 10.3 Å². The van der Waals surface area contributed by atoms with E-state index in [0.717, 1.165) is 5.69 Å². The van der Waals surface area contributed by atoms with E-state index in [0.29, 0.717) is 11.5 Å². The van der Waals surface area contributed by atoms with Gasteiger partial charge in [0.2, 0.25) is 5.91 Å². The van der Waals surface area contributed by atoms with Gasteiger partial charge in [0, 0.05) is 6.20 Å². The molecule has 0 bridgehead atoms. The summed E-state index contributed by atoms with van der Waals surface area (Å²) in [5.74, 6) is -0.748. The molecule has 3 rings (SSSR count). The highest BCUT2D eigenvalue weighted by atomic mass is 16.4. The molecule has 0 unspecified atom stereocenters. The van der Waals surface area contributed by atoms with E-state index in [1.54, 1.807) is 11.0 Å². The van der Waals surface area contributed by atoms with Crippen LogP contribution < -0.4 is 10.2 Å². The number of carbonyl (C=O) groups excluding carboxylic acids is 1. The second kappa shape index (κ2) is 4.65. The smallest absolute Gasteiger partial charge is 0.335 e. The average Bonchev–Trinajstić information content (AvgIpc) is 2.46. The van der Waals surface area contributed by atoms with Crippen LogP contribution in [-0.4, -0.2) is 28.5 Å². The van der Waals surface area contributed by atoms with Crippen molar-refractivity contribution in [2.45, 2.75) is 0 Å². The van der Waals surface area contributed by atoms with E-state index >= 15 is 0 Å². The third-order valence-electron chi connectivity index (χ3n) is 3.04. The molecule has 2 aromatic rings. The fourth-order valence-corrected chi connectivity index (χ4v) is 2.14. The highest BCUT2D eigenvalue weighted by Gasteiger charge is 2.24. The van der Waals surface area contributed by atoms with Crippen LogP contribution in [0.3, 0.4) is 0 Å². The Bertz CT molecular complexity index is 700. The lowest BCUT2D eigenvalue weighted by molar-refractivity contribution is -0.115. The molecule has 1 amide bonds. The van der Waals surface area contributed by atoms with E-state index in [1.165, 1.54) is 18.3 Å². The Morgan fingerprint density at radius 3 is 2.90 bits per heavy atom. The first-order valence-electron chi connectivity index (χ1n) is 6.01. The van der Waals surface area contributed by atoms with E-state index in [4.69, 9.17) is 5.11 Å². The summed E-state index contributed by atoms with van der Waals surface area (Å²) in [6.45, 7) is 0.104. The Morgan fingerprint density at radius 2 is 2.10 bits per heavy atom. The fourth-order valence-electron chi connectivity index (χ4n) is 2.14. The highest BCUT2D eigenvalue weighted by molar-refractivity contribution is 6.03. The van der Waals surface area contributed by atoms with Gasteiger partial charge in [-0.05, 0) is 24.3 Å². The summed E-state index contributed by atoms with van der Waals surface area (Å²) in [5.41, 5.74) is 1.62. The predicted molar refractivity (Wildman–Crippen MR) is 73.3 cm³/mol. The van der Waals surface area contributed by atoms with Crippen molar-refractivity contribution in [3.05, 3.63) is 48.2 Å². The number of carboxylic acid groups (broad SMARTS) is 1. The van der Waals surface area contributed by atoms with E-state index in [1.807, 2.05) is 18.2 Å². The summed E-state index contributed by atoms with van der Waals surface area (Å²) >= 11 is 0. The summed E-state index contributed by atoms with van der Waals surface area (Å²) in [6.07, 6.45) is 1.42. The van der Waals surface area contributed by atoms with Crippen LogP contribution in [-0.2, 0) is 4.79 Å². The van der Waals surface area contributed by atoms with Crippen molar-refractivity contribution < 1.29 is 14.7 Å². The number of carboxylic acids is 1. The molecule has 0 spiro atoms. The van der Waals surface area contributed by atoms with Crippen molar-refractivity contribution >= 4 is 29.1 Å². The van der Waals surface area contributed by atoms with Crippen LogP contribution in [0.2, 0.25) is 0 Å². The number of nitrogens with one attached hydrogen (secondary N) is 1. The molecule has 0 aliphatic carbocycles. The molecular formula is C14H11N3O3. The number of pyridine rings is 1. The number of aromatic carboxylic acids is 1. The molecule has 6 nitrogen and oxygen atoms in total. The van der Waals surface area contributed by atoms with Gasteiger partial charge in [0.1, 0.15) is 12.4 Å². The molecule has 20 heavy (non-hydrogen) atoms. The van der Waals surface area contributed by atoms with E-state index < -0.39 is 5.97 Å². The predicted octanol–water partition coefficient (Wildman–Crippen LogP) is 1.87. The maximum atomic E-state index is 11.7. The van der Waals surface area contributed by atoms with Crippen LogP contribution in [0.5, 0.6) is 0 Å². The van der Waals surface area contributed by atoms with Gasteiger partial charge < -0.3 is 15.3 Å². The van der Waals surface area contributed by atoms with Crippen LogP contribution in [0.4, 0.5) is 17.2 Å². The van der Waals surface area contributed by atoms with Crippen LogP contribution in [0.15, 0.2) is 42.6 Å². The Morgan fingerprint density at radius 1 is 1.30 bits per heavy atom. The summed E-state index contributed by atoms with van der Waals surface area (Å²) < 4.78 is 0. The monoisotopic (exact) mass is 269 g/mol. The molecule has 0 atom stereocenters. The Hall–Kier alpha value is -2.89. The quantitative estimate of drug-likeness (QED) is 0.869. The number of rotatable bonds is 2. The lowest BCUT2D eigenvalue weighted by atomic mass is 10.1. The molecule has 0 fully saturated rings. The SMILES string of the molecule is O=C1CN(c2cc(C(=O)O)ccn2)c2ccccc2N1. The minimum Gasteiger partial charge on any atom is -0.478 e. The van der Waals surface area contributed by atoms with Crippen molar-refractivity contribution in [3.8, 4) is 0 Å². The van der Waals surface area contributed by atoms with Crippen molar-refractivity contribution in [2.75, 3.05) is 16.8 Å². The van der Waals surface area contributed by atoms with Gasteiger partial charge in [-0.3, -0.25) is 4.79 Å². The number of carbonyl (C=O) groups is 2.